The van der Waals surface area contributed by atoms with Crippen LogP contribution >= 0.6 is 0 Å². The summed E-state index contributed by atoms with van der Waals surface area (Å²) in [5.74, 6) is 0.289. The number of Topliss-reactive ketones (excluding diaryl/α,β-unsaturated/α-hetero) is 1. The molecule has 0 spiro atoms. The van der Waals surface area contributed by atoms with Gasteiger partial charge in [-0.1, -0.05) is 6.92 Å². The van der Waals surface area contributed by atoms with Crippen LogP contribution in [0.4, 0.5) is 0 Å². The number of carbonyl (C=O) groups excluding carboxylic acids is 2. The summed E-state index contributed by atoms with van der Waals surface area (Å²) in [6.07, 6.45) is 3.37. The van der Waals surface area contributed by atoms with E-state index in [1.807, 2.05) is 20.9 Å². The smallest absolute Gasteiger partial charge is 0.255 e. The Labute approximate surface area is 119 Å². The molecule has 1 heterocycles. The number of hydrogen-bond donors (Lipinski definition) is 0. The molecule has 0 aliphatic heterocycles. The minimum atomic E-state index is -0.0146. The average molecular weight is 275 g/mol. The van der Waals surface area contributed by atoms with Crippen molar-refractivity contribution in [2.45, 2.75) is 52.0 Å². The first-order valence-corrected chi connectivity index (χ1v) is 7.15. The van der Waals surface area contributed by atoms with Gasteiger partial charge in [0.15, 0.2) is 0 Å². The van der Waals surface area contributed by atoms with Crippen LogP contribution in [0.3, 0.4) is 0 Å². The molecule has 0 unspecified atom stereocenters. The maximum absolute atomic E-state index is 12.6. The zero-order valence-electron chi connectivity index (χ0n) is 12.3. The van der Waals surface area contributed by atoms with Gasteiger partial charge in [0.05, 0.1) is 17.0 Å². The normalized spacial score (nSPS) is 16.2. The SMILES string of the molecule is CCc1nnc(C)cc1C(=O)N(C)C1CCC(=O)CC1. The molecule has 1 saturated carbocycles. The summed E-state index contributed by atoms with van der Waals surface area (Å²) >= 11 is 0. The first-order chi connectivity index (χ1) is 9.52. The largest absolute Gasteiger partial charge is 0.339 e. The zero-order valence-corrected chi connectivity index (χ0v) is 12.3. The van der Waals surface area contributed by atoms with Gasteiger partial charge >= 0.3 is 0 Å². The van der Waals surface area contributed by atoms with Crippen LogP contribution in [-0.4, -0.2) is 39.9 Å². The molecule has 0 aromatic carbocycles. The van der Waals surface area contributed by atoms with Crippen LogP contribution in [-0.2, 0) is 11.2 Å². The average Bonchev–Trinajstić information content (AvgIpc) is 2.46. The zero-order chi connectivity index (χ0) is 14.7. The highest BCUT2D eigenvalue weighted by Gasteiger charge is 2.27. The van der Waals surface area contributed by atoms with Gasteiger partial charge in [-0.15, -0.1) is 0 Å². The maximum atomic E-state index is 12.6. The molecular formula is C15H21N3O2. The predicted molar refractivity (Wildman–Crippen MR) is 75.5 cm³/mol. The van der Waals surface area contributed by atoms with Crippen LogP contribution < -0.4 is 0 Å². The highest BCUT2D eigenvalue weighted by Crippen LogP contribution is 2.21. The van der Waals surface area contributed by atoms with Crippen LogP contribution in [0.15, 0.2) is 6.07 Å². The fraction of sp³-hybridized carbons (Fsp3) is 0.600. The molecule has 1 aromatic rings. The molecule has 108 valence electrons. The second-order valence-corrected chi connectivity index (χ2v) is 5.39. The highest BCUT2D eigenvalue weighted by molar-refractivity contribution is 5.95. The summed E-state index contributed by atoms with van der Waals surface area (Å²) in [7, 11) is 1.82. The minimum Gasteiger partial charge on any atom is -0.339 e. The Morgan fingerprint density at radius 1 is 1.35 bits per heavy atom. The van der Waals surface area contributed by atoms with Crippen molar-refractivity contribution < 1.29 is 9.59 Å². The van der Waals surface area contributed by atoms with Crippen molar-refractivity contribution in [3.05, 3.63) is 23.0 Å². The Morgan fingerprint density at radius 2 is 2.00 bits per heavy atom. The summed E-state index contributed by atoms with van der Waals surface area (Å²) in [5, 5.41) is 8.12. The van der Waals surface area contributed by atoms with Crippen molar-refractivity contribution in [1.29, 1.82) is 0 Å². The van der Waals surface area contributed by atoms with Gasteiger partial charge in [-0.2, -0.15) is 10.2 Å². The predicted octanol–water partition coefficient (Wildman–Crippen LogP) is 1.93. The molecule has 2 rings (SSSR count). The van der Waals surface area contributed by atoms with E-state index in [-0.39, 0.29) is 11.9 Å². The summed E-state index contributed by atoms with van der Waals surface area (Å²) in [6.45, 7) is 3.80. The van der Waals surface area contributed by atoms with Gasteiger partial charge in [0.25, 0.3) is 5.91 Å². The van der Waals surface area contributed by atoms with E-state index in [9.17, 15) is 9.59 Å². The standard InChI is InChI=1S/C15H21N3O2/c1-4-14-13(9-10(2)16-17-14)15(20)18(3)11-5-7-12(19)8-6-11/h9,11H,4-8H2,1-3H3. The summed E-state index contributed by atoms with van der Waals surface area (Å²) in [5.41, 5.74) is 2.12. The molecule has 1 fully saturated rings. The van der Waals surface area contributed by atoms with Crippen molar-refractivity contribution >= 4 is 11.7 Å². The Hall–Kier alpha value is -1.78. The molecule has 5 nitrogen and oxygen atoms in total. The van der Waals surface area contributed by atoms with Crippen LogP contribution in [0, 0.1) is 6.92 Å². The minimum absolute atomic E-state index is 0.0146. The van der Waals surface area contributed by atoms with Gasteiger partial charge in [0.2, 0.25) is 0 Å². The molecule has 0 N–H and O–H groups in total. The molecule has 1 aromatic heterocycles. The lowest BCUT2D eigenvalue weighted by Gasteiger charge is -2.31. The van der Waals surface area contributed by atoms with Crippen LogP contribution in [0.5, 0.6) is 0 Å². The number of aromatic nitrogens is 2. The fourth-order valence-corrected chi connectivity index (χ4v) is 2.63. The van der Waals surface area contributed by atoms with E-state index >= 15 is 0 Å². The molecule has 1 aliphatic carbocycles. The Balaban J connectivity index is 2.18. The number of amides is 1. The number of hydrogen-bond acceptors (Lipinski definition) is 4. The first kappa shape index (κ1) is 14.6. The third-order valence-corrected chi connectivity index (χ3v) is 3.94. The van der Waals surface area contributed by atoms with Crippen molar-refractivity contribution in [1.82, 2.24) is 15.1 Å². The van der Waals surface area contributed by atoms with E-state index in [2.05, 4.69) is 10.2 Å². The Kier molecular flexibility index (Phi) is 4.47. The van der Waals surface area contributed by atoms with E-state index in [0.29, 0.717) is 30.6 Å². The quantitative estimate of drug-likeness (QED) is 0.845. The topological polar surface area (TPSA) is 63.2 Å². The number of aryl methyl sites for hydroxylation is 2. The van der Waals surface area contributed by atoms with Crippen molar-refractivity contribution in [2.24, 2.45) is 0 Å². The summed E-state index contributed by atoms with van der Waals surface area (Å²) in [6, 6.07) is 1.96. The van der Waals surface area contributed by atoms with Crippen LogP contribution in [0.25, 0.3) is 0 Å². The summed E-state index contributed by atoms with van der Waals surface area (Å²) in [4.78, 5) is 25.7. The van der Waals surface area contributed by atoms with Gasteiger partial charge in [-0.05, 0) is 32.3 Å². The van der Waals surface area contributed by atoms with Crippen molar-refractivity contribution in [3.8, 4) is 0 Å². The molecule has 5 heteroatoms. The monoisotopic (exact) mass is 275 g/mol. The summed E-state index contributed by atoms with van der Waals surface area (Å²) < 4.78 is 0. The lowest BCUT2D eigenvalue weighted by atomic mass is 9.93. The molecular weight excluding hydrogens is 254 g/mol. The number of rotatable bonds is 3. The lowest BCUT2D eigenvalue weighted by molar-refractivity contribution is -0.121. The Morgan fingerprint density at radius 3 is 2.60 bits per heavy atom. The van der Waals surface area contributed by atoms with Gasteiger partial charge in [0, 0.05) is 25.9 Å². The van der Waals surface area contributed by atoms with Gasteiger partial charge < -0.3 is 4.90 Å². The first-order valence-electron chi connectivity index (χ1n) is 7.15. The third-order valence-electron chi connectivity index (χ3n) is 3.94. The molecule has 1 aliphatic rings. The highest BCUT2D eigenvalue weighted by atomic mass is 16.2. The van der Waals surface area contributed by atoms with E-state index in [1.54, 1.807) is 11.0 Å². The fourth-order valence-electron chi connectivity index (χ4n) is 2.63. The maximum Gasteiger partial charge on any atom is 0.255 e. The van der Waals surface area contributed by atoms with Crippen molar-refractivity contribution in [2.75, 3.05) is 7.05 Å². The number of ketones is 1. The number of carbonyl (C=O) groups is 2. The van der Waals surface area contributed by atoms with Crippen LogP contribution in [0.1, 0.15) is 54.4 Å². The van der Waals surface area contributed by atoms with E-state index in [0.717, 1.165) is 24.2 Å². The second-order valence-electron chi connectivity index (χ2n) is 5.39. The Bertz CT molecular complexity index is 518. The van der Waals surface area contributed by atoms with Gasteiger partial charge in [0.1, 0.15) is 5.78 Å². The molecule has 0 atom stereocenters. The molecule has 1 amide bonds. The van der Waals surface area contributed by atoms with Gasteiger partial charge in [-0.3, -0.25) is 9.59 Å². The molecule has 0 radical (unpaired) electrons. The van der Waals surface area contributed by atoms with Crippen LogP contribution in [0.2, 0.25) is 0 Å². The lowest BCUT2D eigenvalue weighted by Crippen LogP contribution is -2.40. The molecule has 0 bridgehead atoms. The van der Waals surface area contributed by atoms with Crippen molar-refractivity contribution in [3.63, 3.8) is 0 Å². The van der Waals surface area contributed by atoms with E-state index in [4.69, 9.17) is 0 Å². The second kappa shape index (κ2) is 6.11. The third kappa shape index (κ3) is 3.03. The molecule has 20 heavy (non-hydrogen) atoms. The van der Waals surface area contributed by atoms with E-state index < -0.39 is 0 Å². The van der Waals surface area contributed by atoms with Gasteiger partial charge in [-0.25, -0.2) is 0 Å². The number of nitrogens with zero attached hydrogens (tertiary/aromatic N) is 3. The molecule has 0 saturated heterocycles. The van der Waals surface area contributed by atoms with E-state index in [1.165, 1.54) is 0 Å².